The number of hydrogen-bond donors (Lipinski definition) is 1. The molecule has 1 aromatic carbocycles. The Morgan fingerprint density at radius 3 is 2.50 bits per heavy atom. The van der Waals surface area contributed by atoms with Crippen LogP contribution in [0.5, 0.6) is 0 Å². The second-order valence-electron chi connectivity index (χ2n) is 4.19. The summed E-state index contributed by atoms with van der Waals surface area (Å²) in [5.41, 5.74) is 0.754. The first-order valence-electron chi connectivity index (χ1n) is 5.31. The van der Waals surface area contributed by atoms with E-state index in [1.807, 2.05) is 14.1 Å². The fraction of sp³-hybridized carbons (Fsp3) is 0.500. The topological polar surface area (TPSA) is 15.3 Å². The Balaban J connectivity index is 2.40. The molecule has 1 atom stereocenters. The van der Waals surface area contributed by atoms with E-state index in [-0.39, 0.29) is 0 Å². The lowest BCUT2D eigenvalue weighted by atomic mass is 10.2. The number of benzene rings is 1. The fourth-order valence-electron chi connectivity index (χ4n) is 1.26. The highest BCUT2D eigenvalue weighted by molar-refractivity contribution is 5.17. The second kappa shape index (κ2) is 5.92. The highest BCUT2D eigenvalue weighted by atomic mass is 19.2. The number of likely N-dealkylation sites (N-methyl/N-ethyl adjacent to an activating group) is 1. The van der Waals surface area contributed by atoms with Gasteiger partial charge >= 0.3 is 0 Å². The number of halogens is 2. The Kier molecular flexibility index (Phi) is 4.83. The van der Waals surface area contributed by atoms with Crippen molar-refractivity contribution in [3.05, 3.63) is 35.4 Å². The lowest BCUT2D eigenvalue weighted by molar-refractivity contribution is 0.302. The van der Waals surface area contributed by atoms with Gasteiger partial charge in [0.1, 0.15) is 0 Å². The molecule has 0 fully saturated rings. The smallest absolute Gasteiger partial charge is 0.159 e. The van der Waals surface area contributed by atoms with Crippen LogP contribution in [-0.4, -0.2) is 31.6 Å². The van der Waals surface area contributed by atoms with Gasteiger partial charge in [0.15, 0.2) is 11.6 Å². The maximum absolute atomic E-state index is 12.9. The molecular weight excluding hydrogens is 210 g/mol. The normalized spacial score (nSPS) is 13.1. The van der Waals surface area contributed by atoms with E-state index in [2.05, 4.69) is 17.1 Å². The minimum Gasteiger partial charge on any atom is -0.311 e. The summed E-state index contributed by atoms with van der Waals surface area (Å²) in [7, 11) is 4.01. The fourth-order valence-corrected chi connectivity index (χ4v) is 1.26. The van der Waals surface area contributed by atoms with Gasteiger partial charge in [-0.25, -0.2) is 8.78 Å². The molecule has 0 amide bonds. The Hall–Kier alpha value is -1.00. The van der Waals surface area contributed by atoms with E-state index in [1.54, 1.807) is 6.07 Å². The molecule has 0 radical (unpaired) electrons. The molecule has 90 valence electrons. The van der Waals surface area contributed by atoms with Crippen LogP contribution in [0.3, 0.4) is 0 Å². The van der Waals surface area contributed by atoms with Crippen molar-refractivity contribution < 1.29 is 8.78 Å². The minimum absolute atomic E-state index is 0.408. The lowest BCUT2D eigenvalue weighted by Crippen LogP contribution is -2.35. The molecule has 1 unspecified atom stereocenters. The molecule has 1 N–H and O–H groups in total. The van der Waals surface area contributed by atoms with Crippen LogP contribution < -0.4 is 5.32 Å². The van der Waals surface area contributed by atoms with Crippen LogP contribution in [0.4, 0.5) is 8.78 Å². The van der Waals surface area contributed by atoms with Gasteiger partial charge in [-0.15, -0.1) is 0 Å². The van der Waals surface area contributed by atoms with Crippen molar-refractivity contribution in [2.75, 3.05) is 20.6 Å². The van der Waals surface area contributed by atoms with Crippen molar-refractivity contribution in [2.24, 2.45) is 0 Å². The summed E-state index contributed by atoms with van der Waals surface area (Å²) in [5, 5.41) is 3.20. The van der Waals surface area contributed by atoms with Gasteiger partial charge < -0.3 is 10.2 Å². The molecule has 0 spiro atoms. The largest absolute Gasteiger partial charge is 0.311 e. The van der Waals surface area contributed by atoms with E-state index in [4.69, 9.17) is 0 Å². The summed E-state index contributed by atoms with van der Waals surface area (Å²) in [5.74, 6) is -1.59. The van der Waals surface area contributed by atoms with Crippen molar-refractivity contribution >= 4 is 0 Å². The molecule has 0 aliphatic carbocycles. The van der Waals surface area contributed by atoms with Gasteiger partial charge in [-0.2, -0.15) is 0 Å². The molecule has 2 nitrogen and oxygen atoms in total. The van der Waals surface area contributed by atoms with Crippen LogP contribution in [0, 0.1) is 11.6 Å². The van der Waals surface area contributed by atoms with Crippen molar-refractivity contribution in [1.82, 2.24) is 10.2 Å². The van der Waals surface area contributed by atoms with E-state index < -0.39 is 11.6 Å². The van der Waals surface area contributed by atoms with E-state index in [0.717, 1.165) is 18.2 Å². The molecule has 0 saturated carbocycles. The summed E-state index contributed by atoms with van der Waals surface area (Å²) < 4.78 is 25.5. The maximum atomic E-state index is 12.9. The Morgan fingerprint density at radius 1 is 1.25 bits per heavy atom. The molecule has 0 aromatic heterocycles. The molecule has 16 heavy (non-hydrogen) atoms. The first-order valence-corrected chi connectivity index (χ1v) is 5.31. The zero-order valence-electron chi connectivity index (χ0n) is 9.93. The zero-order chi connectivity index (χ0) is 12.1. The van der Waals surface area contributed by atoms with Gasteiger partial charge in [0.2, 0.25) is 0 Å². The third-order valence-electron chi connectivity index (χ3n) is 2.63. The minimum atomic E-state index is -0.801. The summed E-state index contributed by atoms with van der Waals surface area (Å²) in [6.45, 7) is 3.46. The average Bonchev–Trinajstić information content (AvgIpc) is 2.23. The first-order chi connectivity index (χ1) is 7.50. The van der Waals surface area contributed by atoms with Crippen LogP contribution in [0.25, 0.3) is 0 Å². The Labute approximate surface area is 95.3 Å². The van der Waals surface area contributed by atoms with Gasteiger partial charge in [-0.3, -0.25) is 0 Å². The molecule has 1 aromatic rings. The maximum Gasteiger partial charge on any atom is 0.159 e. The van der Waals surface area contributed by atoms with Crippen LogP contribution >= 0.6 is 0 Å². The van der Waals surface area contributed by atoms with Crippen LogP contribution in [0.1, 0.15) is 12.5 Å². The molecular formula is C12H18F2N2. The predicted molar refractivity (Wildman–Crippen MR) is 61.2 cm³/mol. The van der Waals surface area contributed by atoms with Gasteiger partial charge in [-0.05, 0) is 38.7 Å². The van der Waals surface area contributed by atoms with E-state index in [0.29, 0.717) is 12.6 Å². The third kappa shape index (κ3) is 3.87. The zero-order valence-corrected chi connectivity index (χ0v) is 9.93. The Bertz CT molecular complexity index is 340. The summed E-state index contributed by atoms with van der Waals surface area (Å²) >= 11 is 0. The summed E-state index contributed by atoms with van der Waals surface area (Å²) in [6, 6.07) is 4.38. The third-order valence-corrected chi connectivity index (χ3v) is 2.63. The van der Waals surface area contributed by atoms with E-state index in [9.17, 15) is 8.78 Å². The quantitative estimate of drug-likeness (QED) is 0.829. The molecule has 0 bridgehead atoms. The molecule has 0 saturated heterocycles. The molecule has 0 aliphatic heterocycles. The first kappa shape index (κ1) is 13.1. The molecule has 4 heteroatoms. The molecule has 0 heterocycles. The number of nitrogens with zero attached hydrogens (tertiary/aromatic N) is 1. The van der Waals surface area contributed by atoms with Gasteiger partial charge in [0.25, 0.3) is 0 Å². The van der Waals surface area contributed by atoms with Crippen LogP contribution in [0.15, 0.2) is 18.2 Å². The second-order valence-corrected chi connectivity index (χ2v) is 4.19. The van der Waals surface area contributed by atoms with Crippen molar-refractivity contribution in [3.8, 4) is 0 Å². The van der Waals surface area contributed by atoms with Crippen molar-refractivity contribution in [3.63, 3.8) is 0 Å². The summed E-state index contributed by atoms with van der Waals surface area (Å²) in [6.07, 6.45) is 0. The van der Waals surface area contributed by atoms with Gasteiger partial charge in [0, 0.05) is 19.1 Å². The highest BCUT2D eigenvalue weighted by Crippen LogP contribution is 2.08. The monoisotopic (exact) mass is 228 g/mol. The van der Waals surface area contributed by atoms with Gasteiger partial charge in [0.05, 0.1) is 0 Å². The van der Waals surface area contributed by atoms with Crippen LogP contribution in [-0.2, 0) is 6.54 Å². The lowest BCUT2D eigenvalue weighted by Gasteiger charge is -2.20. The van der Waals surface area contributed by atoms with Gasteiger partial charge in [-0.1, -0.05) is 6.07 Å². The van der Waals surface area contributed by atoms with E-state index >= 15 is 0 Å². The highest BCUT2D eigenvalue weighted by Gasteiger charge is 2.05. The van der Waals surface area contributed by atoms with Crippen LogP contribution in [0.2, 0.25) is 0 Å². The number of nitrogens with one attached hydrogen (secondary N) is 1. The van der Waals surface area contributed by atoms with Crippen molar-refractivity contribution in [2.45, 2.75) is 19.5 Å². The summed E-state index contributed by atoms with van der Waals surface area (Å²) in [4.78, 5) is 2.10. The molecule has 1 rings (SSSR count). The van der Waals surface area contributed by atoms with Crippen molar-refractivity contribution in [1.29, 1.82) is 0 Å². The number of rotatable bonds is 5. The SMILES string of the molecule is CC(CNCc1ccc(F)c(F)c1)N(C)C. The number of hydrogen-bond acceptors (Lipinski definition) is 2. The average molecular weight is 228 g/mol. The standard InChI is InChI=1S/C12H18F2N2/c1-9(16(2)3)7-15-8-10-4-5-11(13)12(14)6-10/h4-6,9,15H,7-8H2,1-3H3. The Morgan fingerprint density at radius 2 is 1.94 bits per heavy atom. The predicted octanol–water partition coefficient (Wildman–Crippen LogP) is 2.00. The molecule has 0 aliphatic rings. The van der Waals surface area contributed by atoms with E-state index in [1.165, 1.54) is 6.07 Å².